The van der Waals surface area contributed by atoms with Crippen molar-refractivity contribution < 1.29 is 9.53 Å². The van der Waals surface area contributed by atoms with Gasteiger partial charge < -0.3 is 9.64 Å². The molecule has 0 heterocycles. The zero-order valence-electron chi connectivity index (χ0n) is 11.7. The van der Waals surface area contributed by atoms with Crippen molar-refractivity contribution in [3.8, 4) is 5.75 Å². The molecule has 106 valence electrons. The standard InChI is InChI=1S/C15H22ClNO2/c1-3-5-11-17(12-10-16)15(18)13-8-6-7-9-14(13)19-4-2/h6-9H,3-5,10-12H2,1-2H3. The number of carbonyl (C=O) groups is 1. The summed E-state index contributed by atoms with van der Waals surface area (Å²) in [6.07, 6.45) is 2.04. The van der Waals surface area contributed by atoms with Gasteiger partial charge in [0.2, 0.25) is 0 Å². The largest absolute Gasteiger partial charge is 0.493 e. The Morgan fingerprint density at radius 1 is 1.26 bits per heavy atom. The Labute approximate surface area is 120 Å². The van der Waals surface area contributed by atoms with E-state index >= 15 is 0 Å². The molecule has 0 atom stereocenters. The highest BCUT2D eigenvalue weighted by atomic mass is 35.5. The maximum Gasteiger partial charge on any atom is 0.257 e. The van der Waals surface area contributed by atoms with E-state index in [0.717, 1.165) is 19.4 Å². The minimum Gasteiger partial charge on any atom is -0.493 e. The predicted octanol–water partition coefficient (Wildman–Crippen LogP) is 3.57. The monoisotopic (exact) mass is 283 g/mol. The first-order chi connectivity index (χ1) is 9.24. The molecule has 3 nitrogen and oxygen atoms in total. The van der Waals surface area contributed by atoms with Crippen LogP contribution < -0.4 is 4.74 Å². The van der Waals surface area contributed by atoms with E-state index in [2.05, 4.69) is 6.92 Å². The zero-order chi connectivity index (χ0) is 14.1. The molecular formula is C15H22ClNO2. The summed E-state index contributed by atoms with van der Waals surface area (Å²) in [7, 11) is 0. The second-order valence-corrected chi connectivity index (χ2v) is 4.64. The molecule has 0 N–H and O–H groups in total. The molecule has 0 unspecified atom stereocenters. The van der Waals surface area contributed by atoms with E-state index in [-0.39, 0.29) is 5.91 Å². The topological polar surface area (TPSA) is 29.5 Å². The average molecular weight is 284 g/mol. The molecule has 0 bridgehead atoms. The fourth-order valence-electron chi connectivity index (χ4n) is 1.86. The number of ether oxygens (including phenoxy) is 1. The lowest BCUT2D eigenvalue weighted by molar-refractivity contribution is 0.0759. The molecule has 0 radical (unpaired) electrons. The highest BCUT2D eigenvalue weighted by Gasteiger charge is 2.18. The molecule has 0 saturated heterocycles. The second-order valence-electron chi connectivity index (χ2n) is 4.26. The van der Waals surface area contributed by atoms with E-state index in [1.165, 1.54) is 0 Å². The molecular weight excluding hydrogens is 262 g/mol. The van der Waals surface area contributed by atoms with Crippen molar-refractivity contribution in [1.82, 2.24) is 4.90 Å². The quantitative estimate of drug-likeness (QED) is 0.683. The molecule has 0 saturated carbocycles. The summed E-state index contributed by atoms with van der Waals surface area (Å²) >= 11 is 5.78. The number of hydrogen-bond acceptors (Lipinski definition) is 2. The van der Waals surface area contributed by atoms with E-state index in [9.17, 15) is 4.79 Å². The molecule has 0 fully saturated rings. The first-order valence-electron chi connectivity index (χ1n) is 6.81. The molecule has 0 aliphatic rings. The number of alkyl halides is 1. The zero-order valence-corrected chi connectivity index (χ0v) is 12.4. The van der Waals surface area contributed by atoms with Gasteiger partial charge in [-0.25, -0.2) is 0 Å². The van der Waals surface area contributed by atoms with E-state index in [1.807, 2.05) is 25.1 Å². The molecule has 0 aliphatic heterocycles. The first-order valence-corrected chi connectivity index (χ1v) is 7.35. The maximum atomic E-state index is 12.5. The number of unbranched alkanes of at least 4 members (excludes halogenated alkanes) is 1. The van der Waals surface area contributed by atoms with Gasteiger partial charge in [-0.05, 0) is 25.5 Å². The van der Waals surface area contributed by atoms with Crippen molar-refractivity contribution in [2.24, 2.45) is 0 Å². The minimum atomic E-state index is -0.00171. The number of benzene rings is 1. The summed E-state index contributed by atoms with van der Waals surface area (Å²) in [5.74, 6) is 1.09. The van der Waals surface area contributed by atoms with Crippen LogP contribution in [-0.4, -0.2) is 36.4 Å². The van der Waals surface area contributed by atoms with Gasteiger partial charge in [-0.3, -0.25) is 4.79 Å². The van der Waals surface area contributed by atoms with Gasteiger partial charge in [0.1, 0.15) is 5.75 Å². The van der Waals surface area contributed by atoms with Crippen LogP contribution in [0.2, 0.25) is 0 Å². The van der Waals surface area contributed by atoms with Crippen LogP contribution in [0.5, 0.6) is 5.75 Å². The van der Waals surface area contributed by atoms with E-state index in [4.69, 9.17) is 16.3 Å². The third-order valence-electron chi connectivity index (χ3n) is 2.84. The summed E-state index contributed by atoms with van der Waals surface area (Å²) in [5.41, 5.74) is 0.616. The fraction of sp³-hybridized carbons (Fsp3) is 0.533. The summed E-state index contributed by atoms with van der Waals surface area (Å²) < 4.78 is 5.51. The summed E-state index contributed by atoms with van der Waals surface area (Å²) in [4.78, 5) is 14.3. The Bertz CT molecular complexity index is 395. The van der Waals surface area contributed by atoms with Crippen LogP contribution in [0.15, 0.2) is 24.3 Å². The number of halogens is 1. The third-order valence-corrected chi connectivity index (χ3v) is 3.01. The third kappa shape index (κ3) is 4.75. The SMILES string of the molecule is CCCCN(CCCl)C(=O)c1ccccc1OCC. The van der Waals surface area contributed by atoms with E-state index in [0.29, 0.717) is 30.3 Å². The summed E-state index contributed by atoms with van der Waals surface area (Å²) in [5, 5.41) is 0. The van der Waals surface area contributed by atoms with Crippen LogP contribution in [0.4, 0.5) is 0 Å². The molecule has 1 aromatic carbocycles. The first kappa shape index (κ1) is 15.8. The van der Waals surface area contributed by atoms with Crippen LogP contribution in [-0.2, 0) is 0 Å². The number of hydrogen-bond donors (Lipinski definition) is 0. The predicted molar refractivity (Wildman–Crippen MR) is 79.1 cm³/mol. The second kappa shape index (κ2) is 8.81. The molecule has 0 aliphatic carbocycles. The molecule has 0 aromatic heterocycles. The number of nitrogens with zero attached hydrogens (tertiary/aromatic N) is 1. The molecule has 0 spiro atoms. The van der Waals surface area contributed by atoms with Crippen molar-refractivity contribution >= 4 is 17.5 Å². The normalized spacial score (nSPS) is 10.3. The Balaban J connectivity index is 2.88. The lowest BCUT2D eigenvalue weighted by Crippen LogP contribution is -2.34. The van der Waals surface area contributed by atoms with Gasteiger partial charge in [0, 0.05) is 19.0 Å². The van der Waals surface area contributed by atoms with Gasteiger partial charge in [-0.15, -0.1) is 11.6 Å². The fourth-order valence-corrected chi connectivity index (χ4v) is 2.06. The lowest BCUT2D eigenvalue weighted by atomic mass is 10.1. The smallest absolute Gasteiger partial charge is 0.257 e. The van der Waals surface area contributed by atoms with E-state index < -0.39 is 0 Å². The maximum absolute atomic E-state index is 12.5. The van der Waals surface area contributed by atoms with Crippen molar-refractivity contribution in [3.05, 3.63) is 29.8 Å². The molecule has 1 rings (SSSR count). The molecule has 1 aromatic rings. The number of rotatable bonds is 8. The molecule has 19 heavy (non-hydrogen) atoms. The minimum absolute atomic E-state index is 0.00171. The van der Waals surface area contributed by atoms with Gasteiger partial charge in [0.05, 0.1) is 12.2 Å². The van der Waals surface area contributed by atoms with Gasteiger partial charge in [-0.2, -0.15) is 0 Å². The molecule has 1 amide bonds. The number of carbonyl (C=O) groups excluding carboxylic acids is 1. The average Bonchev–Trinajstić information content (AvgIpc) is 2.44. The van der Waals surface area contributed by atoms with Gasteiger partial charge >= 0.3 is 0 Å². The summed E-state index contributed by atoms with van der Waals surface area (Å²) in [6.45, 7) is 5.88. The Hall–Kier alpha value is -1.22. The lowest BCUT2D eigenvalue weighted by Gasteiger charge is -2.22. The molecule has 4 heteroatoms. The number of para-hydroxylation sites is 1. The van der Waals surface area contributed by atoms with Crippen LogP contribution in [0.25, 0.3) is 0 Å². The van der Waals surface area contributed by atoms with Crippen molar-refractivity contribution in [1.29, 1.82) is 0 Å². The number of amides is 1. The van der Waals surface area contributed by atoms with Gasteiger partial charge in [-0.1, -0.05) is 25.5 Å². The van der Waals surface area contributed by atoms with E-state index in [1.54, 1.807) is 11.0 Å². The Morgan fingerprint density at radius 2 is 2.00 bits per heavy atom. The van der Waals surface area contributed by atoms with Crippen LogP contribution >= 0.6 is 11.6 Å². The van der Waals surface area contributed by atoms with Crippen LogP contribution in [0.1, 0.15) is 37.0 Å². The summed E-state index contributed by atoms with van der Waals surface area (Å²) in [6, 6.07) is 7.37. The Morgan fingerprint density at radius 3 is 2.63 bits per heavy atom. The van der Waals surface area contributed by atoms with Gasteiger partial charge in [0.15, 0.2) is 0 Å². The van der Waals surface area contributed by atoms with Crippen molar-refractivity contribution in [2.45, 2.75) is 26.7 Å². The van der Waals surface area contributed by atoms with Gasteiger partial charge in [0.25, 0.3) is 5.91 Å². The van der Waals surface area contributed by atoms with Crippen molar-refractivity contribution in [3.63, 3.8) is 0 Å². The van der Waals surface area contributed by atoms with Crippen molar-refractivity contribution in [2.75, 3.05) is 25.6 Å². The highest BCUT2D eigenvalue weighted by molar-refractivity contribution is 6.18. The van der Waals surface area contributed by atoms with Crippen LogP contribution in [0.3, 0.4) is 0 Å². The Kier molecular flexibility index (Phi) is 7.34. The highest BCUT2D eigenvalue weighted by Crippen LogP contribution is 2.20. The van der Waals surface area contributed by atoms with Crippen LogP contribution in [0, 0.1) is 0 Å².